The molecule has 0 saturated carbocycles. The third-order valence-corrected chi connectivity index (χ3v) is 8.50. The average Bonchev–Trinajstić information content (AvgIpc) is 3.43. The number of piperidine rings is 1. The number of Topliss-reactive ketones (excluding diaryl/α,β-unsaturated/α-hetero) is 1. The minimum absolute atomic E-state index is 0.0230. The van der Waals surface area contributed by atoms with Gasteiger partial charge >= 0.3 is 6.18 Å². The van der Waals surface area contributed by atoms with Crippen LogP contribution in [-0.2, 0) is 32.5 Å². The van der Waals surface area contributed by atoms with Gasteiger partial charge in [0, 0.05) is 31.0 Å². The Hall–Kier alpha value is -4.47. The van der Waals surface area contributed by atoms with Gasteiger partial charge in [0.15, 0.2) is 5.78 Å². The molecule has 1 aromatic carbocycles. The zero-order chi connectivity index (χ0) is 32.9. The fraction of sp³-hybridized carbons (Fsp3) is 0.387. The van der Waals surface area contributed by atoms with E-state index in [2.05, 4.69) is 20.6 Å². The van der Waals surface area contributed by atoms with E-state index >= 15 is 4.39 Å². The normalized spacial score (nSPS) is 19.5. The van der Waals surface area contributed by atoms with Gasteiger partial charge in [-0.05, 0) is 56.6 Å². The monoisotopic (exact) mass is 641 g/mol. The molecule has 0 bridgehead atoms. The first-order chi connectivity index (χ1) is 21.9. The number of hydrogen-bond acceptors (Lipinski definition) is 9. The number of fused-ring (bicyclic) bond motifs is 1. The molecule has 2 saturated heterocycles. The van der Waals surface area contributed by atoms with Gasteiger partial charge in [-0.3, -0.25) is 14.0 Å². The van der Waals surface area contributed by atoms with Crippen LogP contribution >= 0.6 is 0 Å². The summed E-state index contributed by atoms with van der Waals surface area (Å²) in [4.78, 5) is 40.2. The third kappa shape index (κ3) is 5.37. The van der Waals surface area contributed by atoms with Crippen LogP contribution in [0.25, 0.3) is 16.8 Å². The minimum Gasteiger partial charge on any atom is -0.382 e. The van der Waals surface area contributed by atoms with Gasteiger partial charge in [0.25, 0.3) is 5.91 Å². The second kappa shape index (κ2) is 11.7. The summed E-state index contributed by atoms with van der Waals surface area (Å²) >= 11 is 0. The number of amides is 1. The highest BCUT2D eigenvalue weighted by molar-refractivity contribution is 6.04. The number of benzene rings is 1. The van der Waals surface area contributed by atoms with E-state index < -0.39 is 34.3 Å². The summed E-state index contributed by atoms with van der Waals surface area (Å²) < 4.78 is 67.9. The fourth-order valence-electron chi connectivity index (χ4n) is 6.18. The van der Waals surface area contributed by atoms with Crippen molar-refractivity contribution in [3.05, 3.63) is 71.2 Å². The van der Waals surface area contributed by atoms with E-state index in [4.69, 9.17) is 20.2 Å². The van der Waals surface area contributed by atoms with E-state index in [1.165, 1.54) is 25.4 Å². The van der Waals surface area contributed by atoms with Crippen molar-refractivity contribution < 1.29 is 36.6 Å². The number of nitrogens with zero attached hydrogens (tertiary/aromatic N) is 4. The number of anilines is 2. The van der Waals surface area contributed by atoms with E-state index in [1.54, 1.807) is 4.40 Å². The molecule has 2 aliphatic heterocycles. The molecule has 15 heteroatoms. The largest absolute Gasteiger partial charge is 0.416 e. The number of ketones is 1. The Morgan fingerprint density at radius 1 is 1.20 bits per heavy atom. The van der Waals surface area contributed by atoms with Gasteiger partial charge in [0.1, 0.15) is 39.9 Å². The number of hydrogen-bond donors (Lipinski definition) is 3. The van der Waals surface area contributed by atoms with E-state index in [9.17, 15) is 22.8 Å². The highest BCUT2D eigenvalue weighted by Crippen LogP contribution is 2.44. The average molecular weight is 642 g/mol. The first-order valence-electron chi connectivity index (χ1n) is 14.5. The highest BCUT2D eigenvalue weighted by Gasteiger charge is 2.55. The molecule has 0 spiro atoms. The van der Waals surface area contributed by atoms with Gasteiger partial charge in [-0.2, -0.15) is 13.2 Å². The molecule has 2 aliphatic rings. The Morgan fingerprint density at radius 3 is 2.61 bits per heavy atom. The number of alkyl halides is 3. The first-order valence-corrected chi connectivity index (χ1v) is 14.5. The molecule has 3 aromatic heterocycles. The van der Waals surface area contributed by atoms with Crippen molar-refractivity contribution >= 4 is 28.8 Å². The summed E-state index contributed by atoms with van der Waals surface area (Å²) in [5.41, 5.74) is 4.27. The van der Waals surface area contributed by atoms with Crippen LogP contribution in [0, 0.1) is 11.2 Å². The second-order valence-corrected chi connectivity index (χ2v) is 11.9. The number of carbonyl (C=O) groups excluding carboxylic acids is 2. The lowest BCUT2D eigenvalue weighted by Crippen LogP contribution is -2.60. The maximum atomic E-state index is 15.9. The molecule has 11 nitrogen and oxygen atoms in total. The Morgan fingerprint density at radius 2 is 1.98 bits per heavy atom. The molecule has 4 N–H and O–H groups in total. The Balaban J connectivity index is 1.45. The maximum Gasteiger partial charge on any atom is 0.416 e. The summed E-state index contributed by atoms with van der Waals surface area (Å²) in [5, 5.41) is 5.61. The number of imidazole rings is 1. The van der Waals surface area contributed by atoms with Gasteiger partial charge in [-0.15, -0.1) is 0 Å². The molecule has 0 aliphatic carbocycles. The number of aromatic nitrogens is 4. The van der Waals surface area contributed by atoms with Crippen LogP contribution in [0.2, 0.25) is 0 Å². The van der Waals surface area contributed by atoms with E-state index in [0.717, 1.165) is 18.3 Å². The molecular weight excluding hydrogens is 610 g/mol. The standard InChI is InChI=1S/C31H31F4N7O4/c1-29(15-46-16-29)27(44)30(7-3-8-37-14-30)28-41-23(24-25(36)39-12-19(13-45-2)42(24)28)20-5-4-17(10-21(20)32)26(43)40-22-11-18(6-9-38-22)31(33,34)35/h4-6,9-12,37H,3,7-8,13-16H2,1-2H3,(H2,36,39)(H,38,40,43)/t30-/m0/s1. The molecular formula is C31H31F4N7O4. The first kappa shape index (κ1) is 31.5. The number of halogens is 4. The summed E-state index contributed by atoms with van der Waals surface area (Å²) in [7, 11) is 1.51. The van der Waals surface area contributed by atoms with Crippen LogP contribution in [0.3, 0.4) is 0 Å². The fourth-order valence-corrected chi connectivity index (χ4v) is 6.18. The maximum absolute atomic E-state index is 15.9. The lowest BCUT2D eigenvalue weighted by Gasteiger charge is -2.45. The molecule has 1 amide bonds. The molecule has 0 unspecified atom stereocenters. The molecule has 6 rings (SSSR count). The van der Waals surface area contributed by atoms with Crippen molar-refractivity contribution in [3.8, 4) is 11.3 Å². The molecule has 4 aromatic rings. The number of methoxy groups -OCH3 is 1. The number of pyridine rings is 1. The molecule has 0 radical (unpaired) electrons. The smallest absolute Gasteiger partial charge is 0.382 e. The summed E-state index contributed by atoms with van der Waals surface area (Å²) in [6.45, 7) is 3.49. The second-order valence-electron chi connectivity index (χ2n) is 11.9. The van der Waals surface area contributed by atoms with Gasteiger partial charge in [0.2, 0.25) is 0 Å². The lowest BCUT2D eigenvalue weighted by molar-refractivity contribution is -0.162. The van der Waals surface area contributed by atoms with Gasteiger partial charge in [-0.25, -0.2) is 19.3 Å². The number of carbonyl (C=O) groups is 2. The zero-order valence-electron chi connectivity index (χ0n) is 25.0. The number of ether oxygens (including phenoxy) is 2. The van der Waals surface area contributed by atoms with E-state index in [-0.39, 0.29) is 59.6 Å². The van der Waals surface area contributed by atoms with Crippen LogP contribution in [0.15, 0.2) is 42.7 Å². The van der Waals surface area contributed by atoms with Gasteiger partial charge in [0.05, 0.1) is 42.7 Å². The number of rotatable bonds is 8. The van der Waals surface area contributed by atoms with Gasteiger partial charge in [-0.1, -0.05) is 0 Å². The third-order valence-electron chi connectivity index (χ3n) is 8.50. The van der Waals surface area contributed by atoms with Crippen molar-refractivity contribution in [1.82, 2.24) is 24.7 Å². The Kier molecular flexibility index (Phi) is 8.02. The zero-order valence-corrected chi connectivity index (χ0v) is 25.0. The summed E-state index contributed by atoms with van der Waals surface area (Å²) in [5.74, 6) is -1.72. The summed E-state index contributed by atoms with van der Waals surface area (Å²) in [6, 6.07) is 5.04. The molecule has 242 valence electrons. The quantitative estimate of drug-likeness (QED) is 0.242. The molecule has 1 atom stereocenters. The topological polar surface area (TPSA) is 146 Å². The number of nitrogen functional groups attached to an aromatic ring is 1. The van der Waals surface area contributed by atoms with Crippen molar-refractivity contribution in [3.63, 3.8) is 0 Å². The predicted molar refractivity (Wildman–Crippen MR) is 158 cm³/mol. The van der Waals surface area contributed by atoms with E-state index in [0.29, 0.717) is 43.5 Å². The van der Waals surface area contributed by atoms with Crippen LogP contribution < -0.4 is 16.4 Å². The van der Waals surface area contributed by atoms with Crippen LogP contribution in [0.5, 0.6) is 0 Å². The van der Waals surface area contributed by atoms with Crippen LogP contribution in [0.1, 0.15) is 47.2 Å². The molecule has 46 heavy (non-hydrogen) atoms. The van der Waals surface area contributed by atoms with Crippen molar-refractivity contribution in [2.45, 2.75) is 38.0 Å². The molecule has 5 heterocycles. The number of nitrogens with one attached hydrogen (secondary N) is 2. The highest BCUT2D eigenvalue weighted by atomic mass is 19.4. The predicted octanol–water partition coefficient (Wildman–Crippen LogP) is 4.16. The van der Waals surface area contributed by atoms with E-state index in [1.807, 2.05) is 6.92 Å². The Bertz CT molecular complexity index is 1830. The van der Waals surface area contributed by atoms with Crippen molar-refractivity contribution in [2.24, 2.45) is 5.41 Å². The Labute approximate surface area is 260 Å². The summed E-state index contributed by atoms with van der Waals surface area (Å²) in [6.07, 6.45) is -1.03. The van der Waals surface area contributed by atoms with Crippen molar-refractivity contribution in [1.29, 1.82) is 0 Å². The SMILES string of the molecule is COCc1cnc(N)c2c(-c3ccc(C(=O)Nc4cc(C(F)(F)F)ccn4)cc3F)nc([C@@]3(C(=O)C4(C)COC4)CCCNC3)n12. The molecule has 2 fully saturated rings. The van der Waals surface area contributed by atoms with Crippen LogP contribution in [-0.4, -0.2) is 64.5 Å². The lowest BCUT2D eigenvalue weighted by atomic mass is 9.65. The van der Waals surface area contributed by atoms with Gasteiger partial charge < -0.3 is 25.8 Å². The number of nitrogens with two attached hydrogens (primary N) is 1. The van der Waals surface area contributed by atoms with Crippen molar-refractivity contribution in [2.75, 3.05) is 44.5 Å². The minimum atomic E-state index is -4.64. The van der Waals surface area contributed by atoms with Crippen LogP contribution in [0.4, 0.5) is 29.2 Å².